The van der Waals surface area contributed by atoms with Gasteiger partial charge in [-0.1, -0.05) is 31.2 Å². The molecule has 1 unspecified atom stereocenters. The van der Waals surface area contributed by atoms with E-state index in [1.807, 2.05) is 38.1 Å². The van der Waals surface area contributed by atoms with E-state index in [-0.39, 0.29) is 11.3 Å². The number of nitrogens with zero attached hydrogens (tertiary/aromatic N) is 2. The van der Waals surface area contributed by atoms with Crippen molar-refractivity contribution in [2.24, 2.45) is 0 Å². The highest BCUT2D eigenvalue weighted by molar-refractivity contribution is 6.46. The number of likely N-dealkylation sites (tertiary alicyclic amines) is 1. The minimum atomic E-state index is -0.706. The summed E-state index contributed by atoms with van der Waals surface area (Å²) in [5.41, 5.74) is 1.21. The van der Waals surface area contributed by atoms with E-state index in [1.165, 1.54) is 0 Å². The fraction of sp³-hybridized carbons (Fsp3) is 0.385. The summed E-state index contributed by atoms with van der Waals surface area (Å²) in [7, 11) is 5.48. The number of hydrogen-bond donors (Lipinski definition) is 1. The minimum Gasteiger partial charge on any atom is -0.507 e. The predicted molar refractivity (Wildman–Crippen MR) is 127 cm³/mol. The van der Waals surface area contributed by atoms with Crippen molar-refractivity contribution in [3.05, 3.63) is 65.2 Å². The Hall–Kier alpha value is -3.32. The highest BCUT2D eigenvalue weighted by Gasteiger charge is 2.45. The molecule has 3 rings (SSSR count). The van der Waals surface area contributed by atoms with E-state index in [0.717, 1.165) is 13.0 Å². The number of carbonyl (C=O) groups is 2. The first-order valence-corrected chi connectivity index (χ1v) is 11.2. The monoisotopic (exact) mass is 452 g/mol. The molecule has 1 heterocycles. The van der Waals surface area contributed by atoms with Gasteiger partial charge < -0.3 is 24.4 Å². The number of Topliss-reactive ketones (excluding diaryl/α,β-unsaturated/α-hetero) is 1. The Morgan fingerprint density at radius 3 is 2.52 bits per heavy atom. The number of hydrogen-bond acceptors (Lipinski definition) is 6. The summed E-state index contributed by atoms with van der Waals surface area (Å²) in [5.74, 6) is -0.301. The van der Waals surface area contributed by atoms with Gasteiger partial charge in [-0.05, 0) is 63.3 Å². The van der Waals surface area contributed by atoms with E-state index in [4.69, 9.17) is 9.47 Å². The third kappa shape index (κ3) is 5.54. The summed E-state index contributed by atoms with van der Waals surface area (Å²) >= 11 is 0. The lowest BCUT2D eigenvalue weighted by atomic mass is 9.95. The van der Waals surface area contributed by atoms with Crippen LogP contribution in [-0.4, -0.2) is 67.5 Å². The quantitative estimate of drug-likeness (QED) is 0.335. The van der Waals surface area contributed by atoms with Crippen LogP contribution in [0.2, 0.25) is 0 Å². The summed E-state index contributed by atoms with van der Waals surface area (Å²) in [5, 5.41) is 11.2. The molecule has 2 aromatic rings. The van der Waals surface area contributed by atoms with E-state index in [1.54, 1.807) is 48.4 Å². The molecule has 0 bridgehead atoms. The highest BCUT2D eigenvalue weighted by Crippen LogP contribution is 2.40. The van der Waals surface area contributed by atoms with Crippen molar-refractivity contribution in [2.75, 3.05) is 40.9 Å². The summed E-state index contributed by atoms with van der Waals surface area (Å²) < 4.78 is 11.0. The first-order valence-electron chi connectivity index (χ1n) is 11.2. The first kappa shape index (κ1) is 24.3. The molecule has 0 spiro atoms. The van der Waals surface area contributed by atoms with E-state index in [0.29, 0.717) is 42.2 Å². The molecule has 0 aromatic heterocycles. The maximum absolute atomic E-state index is 13.1. The number of aliphatic hydroxyl groups excluding tert-OH is 1. The second kappa shape index (κ2) is 11.0. The van der Waals surface area contributed by atoms with Gasteiger partial charge in [0.1, 0.15) is 17.3 Å². The van der Waals surface area contributed by atoms with E-state index >= 15 is 0 Å². The molecule has 1 fully saturated rings. The van der Waals surface area contributed by atoms with Crippen LogP contribution in [-0.2, 0) is 9.59 Å². The van der Waals surface area contributed by atoms with Crippen molar-refractivity contribution in [3.63, 3.8) is 0 Å². The average Bonchev–Trinajstić information content (AvgIpc) is 3.07. The summed E-state index contributed by atoms with van der Waals surface area (Å²) in [6.07, 6.45) is 1.55. The molecule has 2 aromatic carbocycles. The number of aliphatic hydroxyl groups is 1. The van der Waals surface area contributed by atoms with Gasteiger partial charge in [-0.2, -0.15) is 0 Å². The van der Waals surface area contributed by atoms with Crippen LogP contribution in [0.3, 0.4) is 0 Å². The molecule has 0 saturated carbocycles. The number of carbonyl (C=O) groups excluding carboxylic acids is 2. The smallest absolute Gasteiger partial charge is 0.295 e. The van der Waals surface area contributed by atoms with Crippen molar-refractivity contribution < 1.29 is 24.2 Å². The van der Waals surface area contributed by atoms with Crippen LogP contribution in [0.15, 0.2) is 54.1 Å². The van der Waals surface area contributed by atoms with Gasteiger partial charge in [0.25, 0.3) is 11.7 Å². The van der Waals surface area contributed by atoms with Crippen molar-refractivity contribution in [1.82, 2.24) is 9.80 Å². The molecule has 1 aliphatic heterocycles. The lowest BCUT2D eigenvalue weighted by molar-refractivity contribution is -0.139. The van der Waals surface area contributed by atoms with Gasteiger partial charge in [-0.25, -0.2) is 0 Å². The summed E-state index contributed by atoms with van der Waals surface area (Å²) in [6, 6.07) is 13.5. The SMILES string of the molecule is CCCOc1cccc(/C(O)=C2\C(=O)C(=O)N(CCCN(C)C)C2c2cccc(OC)c2)c1. The van der Waals surface area contributed by atoms with Gasteiger partial charge in [-0.3, -0.25) is 9.59 Å². The number of ketones is 1. The molecular formula is C26H32N2O5. The van der Waals surface area contributed by atoms with Crippen LogP contribution in [0.5, 0.6) is 11.5 Å². The Morgan fingerprint density at radius 1 is 1.09 bits per heavy atom. The zero-order chi connectivity index (χ0) is 24.0. The Balaban J connectivity index is 2.08. The first-order chi connectivity index (χ1) is 15.9. The van der Waals surface area contributed by atoms with E-state index < -0.39 is 17.7 Å². The second-order valence-corrected chi connectivity index (χ2v) is 8.30. The third-order valence-corrected chi connectivity index (χ3v) is 5.53. The maximum atomic E-state index is 13.1. The molecule has 1 atom stereocenters. The molecule has 1 saturated heterocycles. The molecule has 7 heteroatoms. The lowest BCUT2D eigenvalue weighted by Gasteiger charge is -2.26. The fourth-order valence-electron chi connectivity index (χ4n) is 3.93. The molecule has 33 heavy (non-hydrogen) atoms. The van der Waals surface area contributed by atoms with Crippen LogP contribution in [0, 0.1) is 0 Å². The van der Waals surface area contributed by atoms with Crippen LogP contribution in [0.4, 0.5) is 0 Å². The van der Waals surface area contributed by atoms with Crippen LogP contribution < -0.4 is 9.47 Å². The molecule has 7 nitrogen and oxygen atoms in total. The Morgan fingerprint density at radius 2 is 1.82 bits per heavy atom. The Bertz CT molecular complexity index is 1030. The molecule has 1 N–H and O–H groups in total. The Kier molecular flexibility index (Phi) is 8.11. The number of methoxy groups -OCH3 is 1. The van der Waals surface area contributed by atoms with Crippen molar-refractivity contribution in [1.29, 1.82) is 0 Å². The molecule has 0 radical (unpaired) electrons. The molecule has 176 valence electrons. The third-order valence-electron chi connectivity index (χ3n) is 5.53. The fourth-order valence-corrected chi connectivity index (χ4v) is 3.93. The van der Waals surface area contributed by atoms with Crippen molar-refractivity contribution >= 4 is 17.4 Å². The second-order valence-electron chi connectivity index (χ2n) is 8.30. The van der Waals surface area contributed by atoms with Crippen LogP contribution >= 0.6 is 0 Å². The van der Waals surface area contributed by atoms with Crippen molar-refractivity contribution in [2.45, 2.75) is 25.8 Å². The number of rotatable bonds is 10. The molecule has 1 amide bonds. The summed E-state index contributed by atoms with van der Waals surface area (Å²) in [6.45, 7) is 3.71. The van der Waals surface area contributed by atoms with Gasteiger partial charge in [0, 0.05) is 12.1 Å². The van der Waals surface area contributed by atoms with Gasteiger partial charge in [0.2, 0.25) is 0 Å². The summed E-state index contributed by atoms with van der Waals surface area (Å²) in [4.78, 5) is 29.7. The van der Waals surface area contributed by atoms with Gasteiger partial charge in [-0.15, -0.1) is 0 Å². The average molecular weight is 453 g/mol. The molecular weight excluding hydrogens is 420 g/mol. The minimum absolute atomic E-state index is 0.0748. The van der Waals surface area contributed by atoms with Gasteiger partial charge >= 0.3 is 0 Å². The largest absolute Gasteiger partial charge is 0.507 e. The molecule has 0 aliphatic carbocycles. The number of amides is 1. The number of ether oxygens (including phenoxy) is 2. The molecule has 1 aliphatic rings. The van der Waals surface area contributed by atoms with Crippen LogP contribution in [0.25, 0.3) is 5.76 Å². The van der Waals surface area contributed by atoms with Gasteiger partial charge in [0.05, 0.1) is 25.3 Å². The topological polar surface area (TPSA) is 79.3 Å². The zero-order valence-electron chi connectivity index (χ0n) is 19.7. The standard InChI is InChI=1S/C26H32N2O5/c1-5-15-33-21-12-7-10-19(17-21)24(29)22-23(18-9-6-11-20(16-18)32-4)28(26(31)25(22)30)14-8-13-27(2)3/h6-7,9-12,16-17,23,29H,5,8,13-15H2,1-4H3/b24-22+. The predicted octanol–water partition coefficient (Wildman–Crippen LogP) is 3.86. The lowest BCUT2D eigenvalue weighted by Crippen LogP contribution is -2.32. The highest BCUT2D eigenvalue weighted by atomic mass is 16.5. The zero-order valence-corrected chi connectivity index (χ0v) is 19.7. The van der Waals surface area contributed by atoms with E-state index in [2.05, 4.69) is 0 Å². The maximum Gasteiger partial charge on any atom is 0.295 e. The van der Waals surface area contributed by atoms with Gasteiger partial charge in [0.15, 0.2) is 0 Å². The normalized spacial score (nSPS) is 17.6. The van der Waals surface area contributed by atoms with Crippen molar-refractivity contribution in [3.8, 4) is 11.5 Å². The Labute approximate surface area is 195 Å². The van der Waals surface area contributed by atoms with E-state index in [9.17, 15) is 14.7 Å². The number of benzene rings is 2. The van der Waals surface area contributed by atoms with Crippen LogP contribution in [0.1, 0.15) is 36.9 Å².